The average molecular weight is 479 g/mol. The number of anilines is 1. The number of fused-ring (bicyclic) bond motifs is 1. The molecule has 184 valence electrons. The van der Waals surface area contributed by atoms with Gasteiger partial charge in [-0.15, -0.1) is 0 Å². The van der Waals surface area contributed by atoms with E-state index in [1.807, 2.05) is 32.9 Å². The minimum atomic E-state index is -0.621. The first-order chi connectivity index (χ1) is 16.6. The summed E-state index contributed by atoms with van der Waals surface area (Å²) in [5.74, 6) is -0.161. The Labute approximate surface area is 203 Å². The van der Waals surface area contributed by atoms with Gasteiger partial charge in [-0.1, -0.05) is 24.3 Å². The monoisotopic (exact) mass is 478 g/mol. The highest BCUT2D eigenvalue weighted by atomic mass is 16.6. The molecule has 0 spiro atoms. The number of nitrogens with zero attached hydrogens (tertiary/aromatic N) is 4. The highest BCUT2D eigenvalue weighted by Crippen LogP contribution is 2.28. The Balaban J connectivity index is 1.66. The molecular weight excluding hydrogens is 448 g/mol. The fourth-order valence-electron chi connectivity index (χ4n) is 4.04. The summed E-state index contributed by atoms with van der Waals surface area (Å²) in [6.07, 6.45) is 2.65. The topological polar surface area (TPSA) is 144 Å². The highest BCUT2D eigenvalue weighted by Gasteiger charge is 2.28. The summed E-state index contributed by atoms with van der Waals surface area (Å²) in [7, 11) is 0. The SMILES string of the molecule is CC(C)(C)OC(=O)N1CCC[C@H](Nc2ncnc3c(C(N)=O)cc(-c4ccc(CO)cc4)nc23)C1. The number of amides is 2. The predicted octanol–water partition coefficient (Wildman–Crippen LogP) is 3.09. The van der Waals surface area contributed by atoms with Crippen LogP contribution >= 0.6 is 0 Å². The quantitative estimate of drug-likeness (QED) is 0.507. The molecule has 1 atom stereocenters. The molecule has 0 radical (unpaired) electrons. The van der Waals surface area contributed by atoms with E-state index in [-0.39, 0.29) is 24.3 Å². The Hall–Kier alpha value is -3.79. The zero-order valence-electron chi connectivity index (χ0n) is 20.1. The van der Waals surface area contributed by atoms with Crippen molar-refractivity contribution in [3.8, 4) is 11.3 Å². The Morgan fingerprint density at radius 1 is 1.20 bits per heavy atom. The molecule has 1 aliphatic heterocycles. The van der Waals surface area contributed by atoms with Crippen molar-refractivity contribution in [3.63, 3.8) is 0 Å². The minimum Gasteiger partial charge on any atom is -0.444 e. The lowest BCUT2D eigenvalue weighted by molar-refractivity contribution is 0.0206. The number of likely N-dealkylation sites (tertiary alicyclic amines) is 1. The fraction of sp³-hybridized carbons (Fsp3) is 0.400. The predicted molar refractivity (Wildman–Crippen MR) is 132 cm³/mol. The standard InChI is InChI=1S/C25H30N6O4/c1-25(2,3)35-24(34)31-10-4-5-17(12-31)29-23-21-20(27-14-28-23)18(22(26)33)11-19(30-21)16-8-6-15(13-32)7-9-16/h6-9,11,14,17,32H,4-5,10,12-13H2,1-3H3,(H2,26,33)(H,27,28,29)/t17-/m0/s1. The van der Waals surface area contributed by atoms with Gasteiger partial charge in [-0.3, -0.25) is 4.79 Å². The number of aliphatic hydroxyl groups excluding tert-OH is 1. The Morgan fingerprint density at radius 2 is 1.94 bits per heavy atom. The highest BCUT2D eigenvalue weighted by molar-refractivity contribution is 6.06. The number of aliphatic hydroxyl groups is 1. The van der Waals surface area contributed by atoms with Crippen molar-refractivity contribution in [1.82, 2.24) is 19.9 Å². The number of aromatic nitrogens is 3. The smallest absolute Gasteiger partial charge is 0.410 e. The first-order valence-electron chi connectivity index (χ1n) is 11.5. The second-order valence-corrected chi connectivity index (χ2v) is 9.60. The van der Waals surface area contributed by atoms with E-state index in [1.165, 1.54) is 6.33 Å². The van der Waals surface area contributed by atoms with Crippen molar-refractivity contribution >= 4 is 28.9 Å². The lowest BCUT2D eigenvalue weighted by Gasteiger charge is -2.34. The van der Waals surface area contributed by atoms with Crippen molar-refractivity contribution in [2.75, 3.05) is 18.4 Å². The van der Waals surface area contributed by atoms with Crippen molar-refractivity contribution in [2.24, 2.45) is 5.73 Å². The molecular formula is C25H30N6O4. The fourth-order valence-corrected chi connectivity index (χ4v) is 4.04. The maximum absolute atomic E-state index is 12.6. The van der Waals surface area contributed by atoms with Gasteiger partial charge < -0.3 is 25.8 Å². The molecule has 1 aromatic carbocycles. The molecule has 4 N–H and O–H groups in total. The number of rotatable bonds is 5. The molecule has 1 saturated heterocycles. The maximum Gasteiger partial charge on any atom is 0.410 e. The summed E-state index contributed by atoms with van der Waals surface area (Å²) in [5.41, 5.74) is 8.17. The normalized spacial score (nSPS) is 16.2. The number of nitrogens with two attached hydrogens (primary N) is 1. The second kappa shape index (κ2) is 9.83. The van der Waals surface area contributed by atoms with Crippen LogP contribution in [0.5, 0.6) is 0 Å². The van der Waals surface area contributed by atoms with Crippen molar-refractivity contribution in [3.05, 3.63) is 47.8 Å². The number of hydrogen-bond acceptors (Lipinski definition) is 8. The third-order valence-corrected chi connectivity index (χ3v) is 5.70. The zero-order chi connectivity index (χ0) is 25.2. The van der Waals surface area contributed by atoms with E-state index in [1.54, 1.807) is 23.1 Å². The van der Waals surface area contributed by atoms with Gasteiger partial charge in [0.05, 0.1) is 17.9 Å². The van der Waals surface area contributed by atoms with E-state index in [0.717, 1.165) is 24.0 Å². The maximum atomic E-state index is 12.6. The molecule has 0 aliphatic carbocycles. The molecule has 0 unspecified atom stereocenters. The third kappa shape index (κ3) is 5.65. The Kier molecular flexibility index (Phi) is 6.83. The summed E-state index contributed by atoms with van der Waals surface area (Å²) >= 11 is 0. The van der Waals surface area contributed by atoms with Gasteiger partial charge in [-0.2, -0.15) is 0 Å². The molecule has 10 nitrogen and oxygen atoms in total. The lowest BCUT2D eigenvalue weighted by atomic mass is 10.0. The molecule has 0 saturated carbocycles. The average Bonchev–Trinajstić information content (AvgIpc) is 2.83. The molecule has 3 heterocycles. The van der Waals surface area contributed by atoms with Gasteiger partial charge in [-0.05, 0) is 45.2 Å². The van der Waals surface area contributed by atoms with Gasteiger partial charge in [0, 0.05) is 24.7 Å². The van der Waals surface area contributed by atoms with Gasteiger partial charge in [0.2, 0.25) is 0 Å². The summed E-state index contributed by atoms with van der Waals surface area (Å²) in [6.45, 7) is 6.53. The molecule has 0 bridgehead atoms. The van der Waals surface area contributed by atoms with Gasteiger partial charge in [0.25, 0.3) is 5.91 Å². The number of carbonyl (C=O) groups excluding carboxylic acids is 2. The van der Waals surface area contributed by atoms with Gasteiger partial charge >= 0.3 is 6.09 Å². The van der Waals surface area contributed by atoms with Crippen LogP contribution in [0.15, 0.2) is 36.7 Å². The molecule has 1 fully saturated rings. The number of benzene rings is 1. The lowest BCUT2D eigenvalue weighted by Crippen LogP contribution is -2.47. The van der Waals surface area contributed by atoms with Crippen LogP contribution in [0.4, 0.5) is 10.6 Å². The van der Waals surface area contributed by atoms with Crippen molar-refractivity contribution < 1.29 is 19.4 Å². The number of nitrogens with one attached hydrogen (secondary N) is 1. The molecule has 4 rings (SSSR count). The molecule has 2 amide bonds. The first-order valence-corrected chi connectivity index (χ1v) is 11.5. The van der Waals surface area contributed by atoms with Crippen LogP contribution in [0.2, 0.25) is 0 Å². The summed E-state index contributed by atoms with van der Waals surface area (Å²) in [4.78, 5) is 39.9. The summed E-state index contributed by atoms with van der Waals surface area (Å²) in [5, 5.41) is 12.7. The van der Waals surface area contributed by atoms with E-state index in [9.17, 15) is 14.7 Å². The number of primary amides is 1. The zero-order valence-corrected chi connectivity index (χ0v) is 20.1. The van der Waals surface area contributed by atoms with Crippen LogP contribution < -0.4 is 11.1 Å². The van der Waals surface area contributed by atoms with Gasteiger partial charge in [0.15, 0.2) is 5.82 Å². The van der Waals surface area contributed by atoms with E-state index in [0.29, 0.717) is 35.6 Å². The van der Waals surface area contributed by atoms with E-state index in [4.69, 9.17) is 15.5 Å². The first kappa shape index (κ1) is 24.3. The summed E-state index contributed by atoms with van der Waals surface area (Å²) in [6, 6.07) is 8.75. The molecule has 10 heteroatoms. The second-order valence-electron chi connectivity index (χ2n) is 9.60. The van der Waals surface area contributed by atoms with E-state index >= 15 is 0 Å². The van der Waals surface area contributed by atoms with Crippen LogP contribution in [0, 0.1) is 0 Å². The summed E-state index contributed by atoms with van der Waals surface area (Å²) < 4.78 is 5.52. The van der Waals surface area contributed by atoms with Crippen LogP contribution in [-0.2, 0) is 11.3 Å². The van der Waals surface area contributed by atoms with Gasteiger partial charge in [-0.25, -0.2) is 19.7 Å². The van der Waals surface area contributed by atoms with Gasteiger partial charge in [0.1, 0.15) is 23.0 Å². The third-order valence-electron chi connectivity index (χ3n) is 5.70. The Bertz CT molecular complexity index is 1240. The molecule has 35 heavy (non-hydrogen) atoms. The van der Waals surface area contributed by atoms with Crippen molar-refractivity contribution in [1.29, 1.82) is 0 Å². The van der Waals surface area contributed by atoms with E-state index < -0.39 is 11.5 Å². The van der Waals surface area contributed by atoms with E-state index in [2.05, 4.69) is 15.3 Å². The van der Waals surface area contributed by atoms with Crippen molar-refractivity contribution in [2.45, 2.75) is 51.9 Å². The number of hydrogen-bond donors (Lipinski definition) is 3. The number of ether oxygens (including phenoxy) is 1. The number of carbonyl (C=O) groups is 2. The van der Waals surface area contributed by atoms with Crippen LogP contribution in [0.25, 0.3) is 22.3 Å². The van der Waals surface area contributed by atoms with Crippen LogP contribution in [-0.4, -0.2) is 61.7 Å². The minimum absolute atomic E-state index is 0.0679. The van der Waals surface area contributed by atoms with Crippen LogP contribution in [0.3, 0.4) is 0 Å². The molecule has 1 aliphatic rings. The molecule has 3 aromatic rings. The molecule has 2 aromatic heterocycles. The number of pyridine rings is 1. The van der Waals surface area contributed by atoms with Crippen LogP contribution in [0.1, 0.15) is 49.5 Å². The largest absolute Gasteiger partial charge is 0.444 e. The number of piperidine rings is 1. The Morgan fingerprint density at radius 3 is 2.60 bits per heavy atom.